The van der Waals surface area contributed by atoms with E-state index in [9.17, 15) is 14.0 Å². The molecule has 2 aromatic carbocycles. The second-order valence-electron chi connectivity index (χ2n) is 8.99. The lowest BCUT2D eigenvalue weighted by atomic mass is 9.71. The van der Waals surface area contributed by atoms with Crippen molar-refractivity contribution in [2.24, 2.45) is 0 Å². The average molecular weight is 464 g/mol. The molecular weight excluding hydrogens is 433 g/mol. The van der Waals surface area contributed by atoms with E-state index in [1.54, 1.807) is 26.0 Å². The van der Waals surface area contributed by atoms with E-state index in [1.807, 2.05) is 38.1 Å². The number of ketones is 1. The maximum atomic E-state index is 13.6. The number of carbonyl (C=O) groups excluding carboxylic acids is 2. The highest BCUT2D eigenvalue weighted by molar-refractivity contribution is 6.04. The Balaban J connectivity index is 1.82. The molecule has 2 atom stereocenters. The standard InChI is InChI=1S/C28H30FNO4/c1-5-33-24-9-7-6-8-21(24)26-25(28(32)34-16(2)3)17(4)30-22-14-19(15-23(31)27(22)26)18-10-12-20(29)13-11-18/h6-13,16,19,26,30H,5,14-15H2,1-4H3. The Labute approximate surface area is 199 Å². The first-order chi connectivity index (χ1) is 16.3. The van der Waals surface area contributed by atoms with Gasteiger partial charge in [0.1, 0.15) is 11.6 Å². The fourth-order valence-electron chi connectivity index (χ4n) is 4.87. The lowest BCUT2D eigenvalue weighted by Crippen LogP contribution is -2.36. The minimum Gasteiger partial charge on any atom is -0.494 e. The van der Waals surface area contributed by atoms with E-state index in [0.29, 0.717) is 35.6 Å². The zero-order chi connectivity index (χ0) is 24.4. The molecule has 0 radical (unpaired) electrons. The van der Waals surface area contributed by atoms with Crippen LogP contribution >= 0.6 is 0 Å². The molecule has 0 amide bonds. The molecule has 1 heterocycles. The van der Waals surface area contributed by atoms with Crippen LogP contribution in [0.2, 0.25) is 0 Å². The molecule has 178 valence electrons. The van der Waals surface area contributed by atoms with Crippen molar-refractivity contribution in [2.45, 2.75) is 58.5 Å². The number of hydrogen-bond acceptors (Lipinski definition) is 5. The van der Waals surface area contributed by atoms with Gasteiger partial charge in [-0.3, -0.25) is 4.79 Å². The van der Waals surface area contributed by atoms with Gasteiger partial charge in [-0.25, -0.2) is 9.18 Å². The minimum atomic E-state index is -0.591. The molecule has 6 heteroatoms. The van der Waals surface area contributed by atoms with Crippen molar-refractivity contribution < 1.29 is 23.5 Å². The maximum Gasteiger partial charge on any atom is 0.337 e. The van der Waals surface area contributed by atoms with E-state index >= 15 is 0 Å². The Bertz CT molecular complexity index is 1160. The fourth-order valence-corrected chi connectivity index (χ4v) is 4.87. The SMILES string of the molecule is CCOc1ccccc1C1C(C(=O)OC(C)C)=C(C)NC2=C1C(=O)CC(c1ccc(F)cc1)C2. The molecule has 1 aliphatic carbocycles. The minimum absolute atomic E-state index is 0.0401. The lowest BCUT2D eigenvalue weighted by molar-refractivity contribution is -0.143. The fraction of sp³-hybridized carbons (Fsp3) is 0.357. The van der Waals surface area contributed by atoms with Crippen LogP contribution in [0.4, 0.5) is 4.39 Å². The summed E-state index contributed by atoms with van der Waals surface area (Å²) in [5.74, 6) is -0.815. The van der Waals surface area contributed by atoms with Gasteiger partial charge in [0.15, 0.2) is 5.78 Å². The Morgan fingerprint density at radius 3 is 2.50 bits per heavy atom. The Hall–Kier alpha value is -3.41. The van der Waals surface area contributed by atoms with Gasteiger partial charge in [0, 0.05) is 29.0 Å². The molecular formula is C28H30FNO4. The Kier molecular flexibility index (Phi) is 6.87. The van der Waals surface area contributed by atoms with Crippen LogP contribution in [0.25, 0.3) is 0 Å². The van der Waals surface area contributed by atoms with Gasteiger partial charge < -0.3 is 14.8 Å². The van der Waals surface area contributed by atoms with E-state index in [-0.39, 0.29) is 30.0 Å². The molecule has 2 aliphatic rings. The molecule has 0 aromatic heterocycles. The predicted molar refractivity (Wildman–Crippen MR) is 128 cm³/mol. The number of nitrogens with one attached hydrogen (secondary N) is 1. The average Bonchev–Trinajstić information content (AvgIpc) is 2.78. The number of allylic oxidation sites excluding steroid dienone is 3. The summed E-state index contributed by atoms with van der Waals surface area (Å²) >= 11 is 0. The highest BCUT2D eigenvalue weighted by Gasteiger charge is 2.42. The maximum absolute atomic E-state index is 13.6. The van der Waals surface area contributed by atoms with Crippen LogP contribution in [0.1, 0.15) is 63.5 Å². The van der Waals surface area contributed by atoms with Crippen LogP contribution in [-0.2, 0) is 14.3 Å². The zero-order valence-corrected chi connectivity index (χ0v) is 20.0. The summed E-state index contributed by atoms with van der Waals surface area (Å²) in [5.41, 5.74) is 4.14. The molecule has 1 N–H and O–H groups in total. The molecule has 1 aliphatic heterocycles. The first kappa shape index (κ1) is 23.7. The van der Waals surface area contributed by atoms with Crippen LogP contribution in [0.15, 0.2) is 71.1 Å². The second kappa shape index (κ2) is 9.84. The summed E-state index contributed by atoms with van der Waals surface area (Å²) in [7, 11) is 0. The van der Waals surface area contributed by atoms with Crippen LogP contribution in [0.5, 0.6) is 5.75 Å². The topological polar surface area (TPSA) is 64.6 Å². The summed E-state index contributed by atoms with van der Waals surface area (Å²) in [6.07, 6.45) is 0.574. The number of carbonyl (C=O) groups is 2. The monoisotopic (exact) mass is 463 g/mol. The molecule has 4 rings (SSSR count). The summed E-state index contributed by atoms with van der Waals surface area (Å²) in [5, 5.41) is 3.34. The number of hydrogen-bond donors (Lipinski definition) is 1. The molecule has 0 bridgehead atoms. The zero-order valence-electron chi connectivity index (χ0n) is 20.0. The van der Waals surface area contributed by atoms with Crippen molar-refractivity contribution in [1.82, 2.24) is 5.32 Å². The van der Waals surface area contributed by atoms with E-state index in [1.165, 1.54) is 12.1 Å². The lowest BCUT2D eigenvalue weighted by Gasteiger charge is -2.37. The summed E-state index contributed by atoms with van der Waals surface area (Å²) < 4.78 is 24.9. The molecule has 2 aromatic rings. The van der Waals surface area contributed by atoms with Crippen LogP contribution in [0.3, 0.4) is 0 Å². The van der Waals surface area contributed by atoms with Crippen molar-refractivity contribution in [3.8, 4) is 5.75 Å². The predicted octanol–water partition coefficient (Wildman–Crippen LogP) is 5.54. The number of ether oxygens (including phenoxy) is 2. The summed E-state index contributed by atoms with van der Waals surface area (Å²) in [6, 6.07) is 13.8. The van der Waals surface area contributed by atoms with E-state index in [2.05, 4.69) is 5.32 Å². The van der Waals surface area contributed by atoms with E-state index in [0.717, 1.165) is 16.8 Å². The number of halogens is 1. The number of benzene rings is 2. The molecule has 34 heavy (non-hydrogen) atoms. The molecule has 0 saturated heterocycles. The van der Waals surface area contributed by atoms with Gasteiger partial charge >= 0.3 is 5.97 Å². The highest BCUT2D eigenvalue weighted by atomic mass is 19.1. The number of esters is 1. The molecule has 2 unspecified atom stereocenters. The smallest absolute Gasteiger partial charge is 0.337 e. The van der Waals surface area contributed by atoms with E-state index < -0.39 is 11.9 Å². The highest BCUT2D eigenvalue weighted by Crippen LogP contribution is 2.47. The van der Waals surface area contributed by atoms with Crippen LogP contribution < -0.4 is 10.1 Å². The van der Waals surface area contributed by atoms with Crippen molar-refractivity contribution in [2.75, 3.05) is 6.61 Å². The third-order valence-corrected chi connectivity index (χ3v) is 6.26. The first-order valence-electron chi connectivity index (χ1n) is 11.7. The Morgan fingerprint density at radius 1 is 1.12 bits per heavy atom. The molecule has 0 fully saturated rings. The summed E-state index contributed by atoms with van der Waals surface area (Å²) in [4.78, 5) is 26.9. The molecule has 0 saturated carbocycles. The van der Waals surface area contributed by atoms with Gasteiger partial charge in [0.05, 0.1) is 24.2 Å². The van der Waals surface area contributed by atoms with Crippen molar-refractivity contribution in [1.29, 1.82) is 0 Å². The molecule has 0 spiro atoms. The van der Waals surface area contributed by atoms with Gasteiger partial charge in [-0.2, -0.15) is 0 Å². The Morgan fingerprint density at radius 2 is 1.82 bits per heavy atom. The summed E-state index contributed by atoms with van der Waals surface area (Å²) in [6.45, 7) is 7.80. The number of dihydropyridines is 1. The van der Waals surface area contributed by atoms with Crippen molar-refractivity contribution in [3.63, 3.8) is 0 Å². The largest absolute Gasteiger partial charge is 0.494 e. The van der Waals surface area contributed by atoms with Gasteiger partial charge in [0.2, 0.25) is 0 Å². The number of Topliss-reactive ketones (excluding diaryl/α,β-unsaturated/α-hetero) is 1. The third-order valence-electron chi connectivity index (χ3n) is 6.26. The van der Waals surface area contributed by atoms with Gasteiger partial charge in [-0.15, -0.1) is 0 Å². The van der Waals surface area contributed by atoms with Gasteiger partial charge in [-0.1, -0.05) is 30.3 Å². The second-order valence-corrected chi connectivity index (χ2v) is 8.99. The van der Waals surface area contributed by atoms with Gasteiger partial charge in [-0.05, 0) is 63.8 Å². The third kappa shape index (κ3) is 4.63. The first-order valence-corrected chi connectivity index (χ1v) is 11.7. The van der Waals surface area contributed by atoms with Crippen molar-refractivity contribution in [3.05, 3.63) is 88.0 Å². The van der Waals surface area contributed by atoms with Crippen molar-refractivity contribution >= 4 is 11.8 Å². The van der Waals surface area contributed by atoms with E-state index in [4.69, 9.17) is 9.47 Å². The quantitative estimate of drug-likeness (QED) is 0.570. The molecule has 5 nitrogen and oxygen atoms in total. The van der Waals surface area contributed by atoms with Gasteiger partial charge in [0.25, 0.3) is 0 Å². The van der Waals surface area contributed by atoms with Crippen LogP contribution in [0, 0.1) is 5.82 Å². The normalized spacial score (nSPS) is 20.2. The number of rotatable bonds is 6. The van der Waals surface area contributed by atoms with Crippen LogP contribution in [-0.4, -0.2) is 24.5 Å². The number of para-hydroxylation sites is 1.